The molecule has 3 aromatic carbocycles. The standard InChI is InChI=1S/C19H20BFO3.C19H28N2O3/c1-18(2)19(3,4)24-20(23-18)16-11-15(8-9-17(16)21)14-7-5-6-13(10-14)12-22;1-18(2,3)24-17(22)20-12-14-5-6-16-15(11-14)19(13-23-16)7-9-21(4)10-8-19/h5-12H,1-4H3;5-6,11H,7-10,12-13H2,1-4H3,(H,20,22). The molecule has 6 rings (SSSR count). The molecule has 8 nitrogen and oxygen atoms in total. The summed E-state index contributed by atoms with van der Waals surface area (Å²) in [7, 11) is 1.41. The SMILES string of the molecule is CC1(C)OB(c2cc(-c3cccc(C=O)c3)ccc2F)OC1(C)C.CN1CCC2(CC1)COc1ccc(CNC(=O)OC(C)(C)C)cc12. The Hall–Kier alpha value is -3.73. The lowest BCUT2D eigenvalue weighted by atomic mass is 9.74. The average Bonchev–Trinajstić information content (AvgIpc) is 3.48. The second kappa shape index (κ2) is 13.6. The molecule has 0 saturated carbocycles. The summed E-state index contributed by atoms with van der Waals surface area (Å²) >= 11 is 0. The molecule has 1 N–H and O–H groups in total. The number of hydrogen-bond acceptors (Lipinski definition) is 7. The summed E-state index contributed by atoms with van der Waals surface area (Å²) in [5.41, 5.74) is 3.59. The van der Waals surface area contributed by atoms with Gasteiger partial charge >= 0.3 is 13.2 Å². The molecule has 10 heteroatoms. The van der Waals surface area contributed by atoms with Crippen LogP contribution >= 0.6 is 0 Å². The van der Waals surface area contributed by atoms with Crippen molar-refractivity contribution in [2.45, 2.75) is 90.1 Å². The fourth-order valence-electron chi connectivity index (χ4n) is 6.14. The van der Waals surface area contributed by atoms with E-state index in [9.17, 15) is 14.0 Å². The number of fused-ring (bicyclic) bond motifs is 2. The molecule has 256 valence electrons. The number of carbonyl (C=O) groups excluding carboxylic acids is 2. The maximum atomic E-state index is 14.4. The predicted molar refractivity (Wildman–Crippen MR) is 186 cm³/mol. The highest BCUT2D eigenvalue weighted by Crippen LogP contribution is 2.45. The Labute approximate surface area is 284 Å². The zero-order chi connectivity index (χ0) is 34.9. The number of aldehydes is 1. The highest BCUT2D eigenvalue weighted by atomic mass is 19.1. The largest absolute Gasteiger partial charge is 0.497 e. The van der Waals surface area contributed by atoms with Gasteiger partial charge in [-0.3, -0.25) is 4.79 Å². The topological polar surface area (TPSA) is 86.3 Å². The van der Waals surface area contributed by atoms with Crippen LogP contribution in [0.3, 0.4) is 0 Å². The van der Waals surface area contributed by atoms with Gasteiger partial charge < -0.3 is 29.0 Å². The first-order valence-electron chi connectivity index (χ1n) is 16.6. The van der Waals surface area contributed by atoms with Gasteiger partial charge in [-0.15, -0.1) is 0 Å². The van der Waals surface area contributed by atoms with Crippen molar-refractivity contribution in [2.75, 3.05) is 26.7 Å². The van der Waals surface area contributed by atoms with Crippen molar-refractivity contribution in [3.05, 3.63) is 83.2 Å². The van der Waals surface area contributed by atoms with Gasteiger partial charge in [0.05, 0.1) is 17.8 Å². The Bertz CT molecular complexity index is 1630. The van der Waals surface area contributed by atoms with Crippen molar-refractivity contribution in [1.82, 2.24) is 10.2 Å². The van der Waals surface area contributed by atoms with E-state index in [0.29, 0.717) is 17.6 Å². The minimum Gasteiger partial charge on any atom is -0.492 e. The molecule has 0 atom stereocenters. The van der Waals surface area contributed by atoms with Crippen LogP contribution in [0.15, 0.2) is 60.7 Å². The molecule has 0 bridgehead atoms. The number of hydrogen-bond donors (Lipinski definition) is 1. The average molecular weight is 659 g/mol. The molecule has 3 aliphatic heterocycles. The van der Waals surface area contributed by atoms with E-state index in [4.69, 9.17) is 18.8 Å². The molecule has 3 aliphatic rings. The lowest BCUT2D eigenvalue weighted by Crippen LogP contribution is -2.41. The van der Waals surface area contributed by atoms with Crippen LogP contribution in [0.1, 0.15) is 82.8 Å². The van der Waals surface area contributed by atoms with E-state index in [2.05, 4.69) is 23.3 Å². The molecular formula is C38H48BFN2O6. The molecule has 48 heavy (non-hydrogen) atoms. The molecule has 3 aromatic rings. The Kier molecular flexibility index (Phi) is 10.1. The van der Waals surface area contributed by atoms with Crippen molar-refractivity contribution in [2.24, 2.45) is 0 Å². The molecule has 2 saturated heterocycles. The second-order valence-corrected chi connectivity index (χ2v) is 15.1. The summed E-state index contributed by atoms with van der Waals surface area (Å²) < 4.78 is 37.5. The van der Waals surface area contributed by atoms with Crippen molar-refractivity contribution in [3.63, 3.8) is 0 Å². The summed E-state index contributed by atoms with van der Waals surface area (Å²) in [5.74, 6) is 0.629. The Morgan fingerprint density at radius 1 is 0.979 bits per heavy atom. The molecular weight excluding hydrogens is 610 g/mol. The van der Waals surface area contributed by atoms with Gasteiger partial charge in [0, 0.05) is 28.5 Å². The smallest absolute Gasteiger partial charge is 0.492 e. The number of likely N-dealkylation sites (tertiary alicyclic amines) is 1. The maximum absolute atomic E-state index is 14.4. The van der Waals surface area contributed by atoms with Crippen molar-refractivity contribution < 1.29 is 32.8 Å². The van der Waals surface area contributed by atoms with Crippen LogP contribution in [0.2, 0.25) is 0 Å². The van der Waals surface area contributed by atoms with Gasteiger partial charge in [-0.05, 0) is 122 Å². The molecule has 0 aromatic heterocycles. The zero-order valence-electron chi connectivity index (χ0n) is 29.4. The third-order valence-electron chi connectivity index (χ3n) is 9.76. The number of carbonyl (C=O) groups is 2. The van der Waals surface area contributed by atoms with E-state index in [1.54, 1.807) is 30.3 Å². The summed E-state index contributed by atoms with van der Waals surface area (Å²) in [6.07, 6.45) is 2.66. The molecule has 3 heterocycles. The van der Waals surface area contributed by atoms with E-state index < -0.39 is 23.9 Å². The van der Waals surface area contributed by atoms with Crippen LogP contribution in [0.25, 0.3) is 11.1 Å². The van der Waals surface area contributed by atoms with Gasteiger partial charge in [-0.25, -0.2) is 9.18 Å². The highest BCUT2D eigenvalue weighted by molar-refractivity contribution is 6.62. The Morgan fingerprint density at radius 2 is 1.65 bits per heavy atom. The van der Waals surface area contributed by atoms with Gasteiger partial charge in [0.2, 0.25) is 0 Å². The monoisotopic (exact) mass is 658 g/mol. The van der Waals surface area contributed by atoms with Crippen molar-refractivity contribution >= 4 is 25.0 Å². The van der Waals surface area contributed by atoms with Gasteiger partial charge in [-0.1, -0.05) is 36.4 Å². The van der Waals surface area contributed by atoms with Crippen LogP contribution in [0, 0.1) is 5.82 Å². The zero-order valence-corrected chi connectivity index (χ0v) is 29.4. The normalized spacial score (nSPS) is 19.1. The first-order chi connectivity index (χ1) is 22.5. The summed E-state index contributed by atoms with van der Waals surface area (Å²) in [6, 6.07) is 18.3. The maximum Gasteiger partial charge on any atom is 0.497 e. The quantitative estimate of drug-likeness (QED) is 0.242. The lowest BCUT2D eigenvalue weighted by Gasteiger charge is -2.36. The second-order valence-electron chi connectivity index (χ2n) is 15.1. The number of piperidine rings is 1. The fraction of sp³-hybridized carbons (Fsp3) is 0.474. The molecule has 1 amide bonds. The van der Waals surface area contributed by atoms with Crippen molar-refractivity contribution in [1.29, 1.82) is 0 Å². The van der Waals surface area contributed by atoms with Crippen LogP contribution in [-0.2, 0) is 26.0 Å². The van der Waals surface area contributed by atoms with E-state index >= 15 is 0 Å². The van der Waals surface area contributed by atoms with Crippen LogP contribution in [-0.4, -0.2) is 67.9 Å². The lowest BCUT2D eigenvalue weighted by molar-refractivity contribution is 0.00578. The number of ether oxygens (including phenoxy) is 2. The third-order valence-corrected chi connectivity index (χ3v) is 9.76. The Balaban J connectivity index is 0.000000188. The number of benzene rings is 3. The third kappa shape index (κ3) is 7.93. The number of nitrogens with one attached hydrogen (secondary N) is 1. The number of rotatable bonds is 5. The molecule has 2 fully saturated rings. The van der Waals surface area contributed by atoms with E-state index in [0.717, 1.165) is 61.3 Å². The summed E-state index contributed by atoms with van der Waals surface area (Å²) in [5, 5.41) is 2.83. The number of alkyl carbamates (subject to hydrolysis) is 1. The van der Waals surface area contributed by atoms with Gasteiger partial charge in [0.1, 0.15) is 23.5 Å². The molecule has 0 radical (unpaired) electrons. The highest BCUT2D eigenvalue weighted by Gasteiger charge is 2.52. The van der Waals surface area contributed by atoms with Crippen LogP contribution in [0.5, 0.6) is 5.75 Å². The van der Waals surface area contributed by atoms with Crippen LogP contribution < -0.4 is 15.5 Å². The minimum absolute atomic E-state index is 0.143. The number of amides is 1. The molecule has 0 unspecified atom stereocenters. The van der Waals surface area contributed by atoms with Gasteiger partial charge in [-0.2, -0.15) is 0 Å². The minimum atomic E-state index is -0.760. The summed E-state index contributed by atoms with van der Waals surface area (Å²) in [6.45, 7) is 16.8. The predicted octanol–water partition coefficient (Wildman–Crippen LogP) is 6.67. The first kappa shape index (κ1) is 35.6. The van der Waals surface area contributed by atoms with Gasteiger partial charge in [0.15, 0.2) is 0 Å². The van der Waals surface area contributed by atoms with Crippen molar-refractivity contribution in [3.8, 4) is 16.9 Å². The van der Waals surface area contributed by atoms with E-state index in [1.807, 2.05) is 66.7 Å². The van der Waals surface area contributed by atoms with Gasteiger partial charge in [0.25, 0.3) is 0 Å². The summed E-state index contributed by atoms with van der Waals surface area (Å²) in [4.78, 5) is 25.2. The number of halogens is 1. The molecule has 0 aliphatic carbocycles. The van der Waals surface area contributed by atoms with E-state index in [1.165, 1.54) is 11.6 Å². The first-order valence-corrected chi connectivity index (χ1v) is 16.6. The molecule has 1 spiro atoms. The van der Waals surface area contributed by atoms with Crippen LogP contribution in [0.4, 0.5) is 9.18 Å². The Morgan fingerprint density at radius 3 is 2.29 bits per heavy atom. The van der Waals surface area contributed by atoms with E-state index in [-0.39, 0.29) is 17.3 Å². The fourth-order valence-corrected chi connectivity index (χ4v) is 6.14. The number of nitrogens with zero attached hydrogens (tertiary/aromatic N) is 1.